The average Bonchev–Trinajstić information content (AvgIpc) is 2.59. The lowest BCUT2D eigenvalue weighted by Gasteiger charge is -2.27. The van der Waals surface area contributed by atoms with Crippen LogP contribution in [-0.4, -0.2) is 22.3 Å². The van der Waals surface area contributed by atoms with Crippen LogP contribution in [0.25, 0.3) is 0 Å². The Morgan fingerprint density at radius 1 is 1.18 bits per heavy atom. The molecular weight excluding hydrogens is 274 g/mol. The van der Waals surface area contributed by atoms with Crippen LogP contribution in [0.4, 0.5) is 0 Å². The van der Waals surface area contributed by atoms with E-state index in [1.165, 1.54) is 0 Å². The number of nitrogens with zero attached hydrogens (tertiary/aromatic N) is 2. The van der Waals surface area contributed by atoms with Gasteiger partial charge in [0.1, 0.15) is 0 Å². The van der Waals surface area contributed by atoms with Crippen molar-refractivity contribution in [2.45, 2.75) is 26.4 Å². The maximum absolute atomic E-state index is 12.7. The highest BCUT2D eigenvalue weighted by molar-refractivity contribution is 5.79. The summed E-state index contributed by atoms with van der Waals surface area (Å²) >= 11 is 0. The SMILES string of the molecule is CCN(Cc1ccccn1)C(=O)C(C)C(N)c1ccccc1. The van der Waals surface area contributed by atoms with Gasteiger partial charge >= 0.3 is 0 Å². The lowest BCUT2D eigenvalue weighted by molar-refractivity contribution is -0.136. The zero-order chi connectivity index (χ0) is 15.9. The molecular formula is C18H23N3O. The second kappa shape index (κ2) is 7.71. The van der Waals surface area contributed by atoms with Crippen molar-refractivity contribution >= 4 is 5.91 Å². The van der Waals surface area contributed by atoms with E-state index in [-0.39, 0.29) is 17.9 Å². The van der Waals surface area contributed by atoms with Gasteiger partial charge in [-0.05, 0) is 24.6 Å². The molecule has 116 valence electrons. The van der Waals surface area contributed by atoms with Gasteiger partial charge in [-0.15, -0.1) is 0 Å². The minimum Gasteiger partial charge on any atom is -0.337 e. The first kappa shape index (κ1) is 16.2. The molecule has 2 unspecified atom stereocenters. The molecule has 2 rings (SSSR count). The van der Waals surface area contributed by atoms with E-state index in [4.69, 9.17) is 5.73 Å². The topological polar surface area (TPSA) is 59.2 Å². The van der Waals surface area contributed by atoms with Gasteiger partial charge in [0.2, 0.25) is 5.91 Å². The summed E-state index contributed by atoms with van der Waals surface area (Å²) in [6.07, 6.45) is 1.74. The highest BCUT2D eigenvalue weighted by Crippen LogP contribution is 2.21. The fourth-order valence-electron chi connectivity index (χ4n) is 2.44. The van der Waals surface area contributed by atoms with E-state index in [0.717, 1.165) is 11.3 Å². The number of amides is 1. The van der Waals surface area contributed by atoms with Crippen molar-refractivity contribution in [3.63, 3.8) is 0 Å². The van der Waals surface area contributed by atoms with Crippen molar-refractivity contribution in [1.82, 2.24) is 9.88 Å². The Bertz CT molecular complexity index is 582. The van der Waals surface area contributed by atoms with Crippen molar-refractivity contribution in [1.29, 1.82) is 0 Å². The highest BCUT2D eigenvalue weighted by Gasteiger charge is 2.26. The molecule has 1 aromatic carbocycles. The van der Waals surface area contributed by atoms with E-state index in [1.807, 2.05) is 62.4 Å². The summed E-state index contributed by atoms with van der Waals surface area (Å²) < 4.78 is 0. The lowest BCUT2D eigenvalue weighted by atomic mass is 9.94. The molecule has 0 saturated carbocycles. The fourth-order valence-corrected chi connectivity index (χ4v) is 2.44. The van der Waals surface area contributed by atoms with Crippen LogP contribution in [0.15, 0.2) is 54.7 Å². The number of pyridine rings is 1. The molecule has 0 bridgehead atoms. The van der Waals surface area contributed by atoms with Crippen LogP contribution in [-0.2, 0) is 11.3 Å². The summed E-state index contributed by atoms with van der Waals surface area (Å²) in [6.45, 7) is 5.02. The van der Waals surface area contributed by atoms with Gasteiger partial charge in [-0.3, -0.25) is 9.78 Å². The van der Waals surface area contributed by atoms with Crippen LogP contribution < -0.4 is 5.73 Å². The molecule has 0 saturated heterocycles. The number of aromatic nitrogens is 1. The van der Waals surface area contributed by atoms with Crippen LogP contribution >= 0.6 is 0 Å². The number of nitrogens with two attached hydrogens (primary N) is 1. The fraction of sp³-hybridized carbons (Fsp3) is 0.333. The van der Waals surface area contributed by atoms with E-state index in [2.05, 4.69) is 4.98 Å². The van der Waals surface area contributed by atoms with Crippen molar-refractivity contribution in [3.8, 4) is 0 Å². The van der Waals surface area contributed by atoms with Gasteiger partial charge in [0.05, 0.1) is 18.2 Å². The standard InChI is InChI=1S/C18H23N3O/c1-3-21(13-16-11-7-8-12-20-16)18(22)14(2)17(19)15-9-5-4-6-10-15/h4-12,14,17H,3,13,19H2,1-2H3. The van der Waals surface area contributed by atoms with Crippen molar-refractivity contribution in [3.05, 3.63) is 66.0 Å². The number of benzene rings is 1. The Balaban J connectivity index is 2.07. The first-order valence-electron chi connectivity index (χ1n) is 7.62. The molecule has 0 spiro atoms. The Labute approximate surface area is 132 Å². The van der Waals surface area contributed by atoms with Gasteiger partial charge in [0, 0.05) is 18.8 Å². The quantitative estimate of drug-likeness (QED) is 0.892. The predicted octanol–water partition coefficient (Wildman–Crippen LogP) is 2.77. The third kappa shape index (κ3) is 3.92. The Morgan fingerprint density at radius 3 is 2.45 bits per heavy atom. The summed E-state index contributed by atoms with van der Waals surface area (Å²) in [5.41, 5.74) is 8.13. The third-order valence-corrected chi connectivity index (χ3v) is 3.89. The van der Waals surface area contributed by atoms with Crippen LogP contribution in [0.2, 0.25) is 0 Å². The number of hydrogen-bond donors (Lipinski definition) is 1. The average molecular weight is 297 g/mol. The molecule has 0 aliphatic carbocycles. The zero-order valence-electron chi connectivity index (χ0n) is 13.1. The van der Waals surface area contributed by atoms with Gasteiger partial charge in [-0.1, -0.05) is 43.3 Å². The van der Waals surface area contributed by atoms with E-state index in [1.54, 1.807) is 11.1 Å². The molecule has 4 heteroatoms. The molecule has 0 aliphatic rings. The van der Waals surface area contributed by atoms with E-state index >= 15 is 0 Å². The van der Waals surface area contributed by atoms with E-state index in [9.17, 15) is 4.79 Å². The summed E-state index contributed by atoms with van der Waals surface area (Å²) in [6, 6.07) is 15.2. The van der Waals surface area contributed by atoms with Crippen LogP contribution in [0, 0.1) is 5.92 Å². The number of carbonyl (C=O) groups is 1. The minimum atomic E-state index is -0.300. The molecule has 0 radical (unpaired) electrons. The molecule has 1 aromatic heterocycles. The van der Waals surface area contributed by atoms with Gasteiger partial charge in [-0.2, -0.15) is 0 Å². The summed E-state index contributed by atoms with van der Waals surface area (Å²) in [5.74, 6) is -0.212. The minimum absolute atomic E-state index is 0.0597. The molecule has 2 N–H and O–H groups in total. The summed E-state index contributed by atoms with van der Waals surface area (Å²) in [7, 11) is 0. The number of hydrogen-bond acceptors (Lipinski definition) is 3. The van der Waals surface area contributed by atoms with Gasteiger partial charge < -0.3 is 10.6 Å². The number of carbonyl (C=O) groups excluding carboxylic acids is 1. The lowest BCUT2D eigenvalue weighted by Crippen LogP contribution is -2.39. The highest BCUT2D eigenvalue weighted by atomic mass is 16.2. The van der Waals surface area contributed by atoms with Crippen LogP contribution in [0.3, 0.4) is 0 Å². The summed E-state index contributed by atoms with van der Waals surface area (Å²) in [4.78, 5) is 18.8. The van der Waals surface area contributed by atoms with Gasteiger partial charge in [-0.25, -0.2) is 0 Å². The molecule has 1 amide bonds. The Morgan fingerprint density at radius 2 is 1.86 bits per heavy atom. The number of rotatable bonds is 6. The van der Waals surface area contributed by atoms with Crippen molar-refractivity contribution in [2.75, 3.05) is 6.54 Å². The molecule has 2 atom stereocenters. The van der Waals surface area contributed by atoms with Crippen molar-refractivity contribution < 1.29 is 4.79 Å². The van der Waals surface area contributed by atoms with Crippen LogP contribution in [0.1, 0.15) is 31.1 Å². The second-order valence-corrected chi connectivity index (χ2v) is 5.40. The van der Waals surface area contributed by atoms with Gasteiger partial charge in [0.15, 0.2) is 0 Å². The van der Waals surface area contributed by atoms with E-state index in [0.29, 0.717) is 13.1 Å². The second-order valence-electron chi connectivity index (χ2n) is 5.40. The van der Waals surface area contributed by atoms with Crippen molar-refractivity contribution in [2.24, 2.45) is 11.7 Å². The van der Waals surface area contributed by atoms with Crippen LogP contribution in [0.5, 0.6) is 0 Å². The molecule has 1 heterocycles. The maximum Gasteiger partial charge on any atom is 0.227 e. The molecule has 0 aliphatic heterocycles. The summed E-state index contributed by atoms with van der Waals surface area (Å²) in [5, 5.41) is 0. The van der Waals surface area contributed by atoms with E-state index < -0.39 is 0 Å². The molecule has 4 nitrogen and oxygen atoms in total. The largest absolute Gasteiger partial charge is 0.337 e. The first-order valence-corrected chi connectivity index (χ1v) is 7.62. The smallest absolute Gasteiger partial charge is 0.227 e. The Kier molecular flexibility index (Phi) is 5.67. The normalized spacial score (nSPS) is 13.4. The maximum atomic E-state index is 12.7. The third-order valence-electron chi connectivity index (χ3n) is 3.89. The Hall–Kier alpha value is -2.20. The molecule has 0 fully saturated rings. The monoisotopic (exact) mass is 297 g/mol. The first-order chi connectivity index (χ1) is 10.6. The predicted molar refractivity (Wildman–Crippen MR) is 87.9 cm³/mol. The molecule has 2 aromatic rings. The zero-order valence-corrected chi connectivity index (χ0v) is 13.1. The van der Waals surface area contributed by atoms with Gasteiger partial charge in [0.25, 0.3) is 0 Å². The molecule has 22 heavy (non-hydrogen) atoms.